The Bertz CT molecular complexity index is 866. The minimum absolute atomic E-state index is 0.119. The first-order valence-electron chi connectivity index (χ1n) is 7.35. The first kappa shape index (κ1) is 15.8. The van der Waals surface area contributed by atoms with Crippen LogP contribution in [-0.4, -0.2) is 15.9 Å². The second-order valence-corrected chi connectivity index (χ2v) is 6.00. The fourth-order valence-electron chi connectivity index (χ4n) is 2.18. The Morgan fingerprint density at radius 2 is 2.08 bits per heavy atom. The maximum atomic E-state index is 12.1. The summed E-state index contributed by atoms with van der Waals surface area (Å²) in [7, 11) is 0. The zero-order valence-electron chi connectivity index (χ0n) is 12.8. The van der Waals surface area contributed by atoms with Gasteiger partial charge in [-0.2, -0.15) is 5.26 Å². The Hall–Kier alpha value is -3.04. The van der Waals surface area contributed by atoms with Crippen molar-refractivity contribution in [2.24, 2.45) is 0 Å². The van der Waals surface area contributed by atoms with Gasteiger partial charge < -0.3 is 5.32 Å². The summed E-state index contributed by atoms with van der Waals surface area (Å²) >= 11 is 1.50. The predicted molar refractivity (Wildman–Crippen MR) is 93.4 cm³/mol. The number of anilines is 1. The van der Waals surface area contributed by atoms with E-state index in [2.05, 4.69) is 21.4 Å². The topological polar surface area (TPSA) is 78.7 Å². The molecule has 0 atom stereocenters. The van der Waals surface area contributed by atoms with Crippen LogP contribution in [0, 0.1) is 11.3 Å². The van der Waals surface area contributed by atoms with Gasteiger partial charge >= 0.3 is 0 Å². The fraction of sp³-hybridized carbons (Fsp3) is 0.111. The Morgan fingerprint density at radius 3 is 2.79 bits per heavy atom. The number of hydrogen-bond acceptors (Lipinski definition) is 5. The fourth-order valence-corrected chi connectivity index (χ4v) is 2.99. The number of thiazole rings is 1. The van der Waals surface area contributed by atoms with Gasteiger partial charge in [-0.15, -0.1) is 11.3 Å². The van der Waals surface area contributed by atoms with Crippen LogP contribution in [0.5, 0.6) is 0 Å². The van der Waals surface area contributed by atoms with Crippen molar-refractivity contribution < 1.29 is 4.79 Å². The summed E-state index contributed by atoms with van der Waals surface area (Å²) in [5, 5.41) is 14.2. The molecule has 1 N–H and O–H groups in total. The van der Waals surface area contributed by atoms with E-state index in [0.29, 0.717) is 12.1 Å². The zero-order chi connectivity index (χ0) is 16.8. The van der Waals surface area contributed by atoms with Gasteiger partial charge in [-0.05, 0) is 29.8 Å². The lowest BCUT2D eigenvalue weighted by Crippen LogP contribution is -2.14. The Morgan fingerprint density at radius 1 is 1.25 bits per heavy atom. The Balaban J connectivity index is 1.61. The number of benzene rings is 1. The molecule has 0 aliphatic heterocycles. The van der Waals surface area contributed by atoms with Gasteiger partial charge in [-0.25, -0.2) is 4.98 Å². The third-order valence-electron chi connectivity index (χ3n) is 3.32. The van der Waals surface area contributed by atoms with Gasteiger partial charge in [0.15, 0.2) is 0 Å². The van der Waals surface area contributed by atoms with Crippen LogP contribution in [0.1, 0.15) is 11.3 Å². The molecule has 0 bridgehead atoms. The largest absolute Gasteiger partial charge is 0.326 e. The molecule has 3 rings (SSSR count). The standard InChI is InChI=1S/C18H14N4OS/c19-8-7-13-3-5-15(6-4-13)21-17(23)10-16-12-24-18(22-16)14-2-1-9-20-11-14/h1-6,9,11-12H,7,10H2,(H,21,23). The lowest BCUT2D eigenvalue weighted by molar-refractivity contribution is -0.115. The van der Waals surface area contributed by atoms with E-state index < -0.39 is 0 Å². The molecule has 2 aromatic heterocycles. The first-order valence-corrected chi connectivity index (χ1v) is 8.23. The highest BCUT2D eigenvalue weighted by Crippen LogP contribution is 2.23. The average molecular weight is 334 g/mol. The van der Waals surface area contributed by atoms with Crippen molar-refractivity contribution in [3.05, 3.63) is 65.4 Å². The van der Waals surface area contributed by atoms with Crippen molar-refractivity contribution in [3.8, 4) is 16.6 Å². The van der Waals surface area contributed by atoms with E-state index >= 15 is 0 Å². The van der Waals surface area contributed by atoms with Gasteiger partial charge in [0.05, 0.1) is 24.6 Å². The summed E-state index contributed by atoms with van der Waals surface area (Å²) < 4.78 is 0. The number of rotatable bonds is 5. The van der Waals surface area contributed by atoms with Crippen LogP contribution in [-0.2, 0) is 17.6 Å². The second-order valence-electron chi connectivity index (χ2n) is 5.14. The molecular formula is C18H14N4OS. The minimum Gasteiger partial charge on any atom is -0.326 e. The van der Waals surface area contributed by atoms with E-state index in [1.807, 2.05) is 29.6 Å². The monoisotopic (exact) mass is 334 g/mol. The number of nitrogens with one attached hydrogen (secondary N) is 1. The van der Waals surface area contributed by atoms with Gasteiger partial charge in [0.2, 0.25) is 5.91 Å². The zero-order valence-corrected chi connectivity index (χ0v) is 13.6. The van der Waals surface area contributed by atoms with Crippen LogP contribution in [0.15, 0.2) is 54.2 Å². The van der Waals surface area contributed by atoms with Gasteiger partial charge in [-0.3, -0.25) is 9.78 Å². The highest BCUT2D eigenvalue weighted by atomic mass is 32.1. The summed E-state index contributed by atoms with van der Waals surface area (Å²) in [6, 6.07) is 13.2. The number of pyridine rings is 1. The van der Waals surface area contributed by atoms with E-state index in [0.717, 1.165) is 21.8 Å². The summed E-state index contributed by atoms with van der Waals surface area (Å²) in [5.41, 5.74) is 3.32. The Labute approximate surface area is 143 Å². The van der Waals surface area contributed by atoms with Crippen molar-refractivity contribution in [2.75, 3.05) is 5.32 Å². The number of carbonyl (C=O) groups is 1. The average Bonchev–Trinajstić information content (AvgIpc) is 3.06. The molecule has 0 aliphatic rings. The molecular weight excluding hydrogens is 320 g/mol. The predicted octanol–water partition coefficient (Wildman–Crippen LogP) is 3.45. The van der Waals surface area contributed by atoms with Crippen LogP contribution in [0.3, 0.4) is 0 Å². The van der Waals surface area contributed by atoms with Crippen molar-refractivity contribution in [3.63, 3.8) is 0 Å². The van der Waals surface area contributed by atoms with Gasteiger partial charge in [0.1, 0.15) is 5.01 Å². The molecule has 0 saturated carbocycles. The van der Waals surface area contributed by atoms with Crippen LogP contribution in [0.25, 0.3) is 10.6 Å². The van der Waals surface area contributed by atoms with Gasteiger partial charge in [0, 0.05) is 29.0 Å². The number of nitrogens with zero attached hydrogens (tertiary/aromatic N) is 3. The quantitative estimate of drug-likeness (QED) is 0.775. The van der Waals surface area contributed by atoms with Crippen molar-refractivity contribution in [1.29, 1.82) is 5.26 Å². The highest BCUT2D eigenvalue weighted by molar-refractivity contribution is 7.13. The number of carbonyl (C=O) groups excluding carboxylic acids is 1. The second kappa shape index (κ2) is 7.49. The molecule has 6 heteroatoms. The van der Waals surface area contributed by atoms with E-state index in [1.165, 1.54) is 11.3 Å². The molecule has 0 radical (unpaired) electrons. The molecule has 118 valence electrons. The van der Waals surface area contributed by atoms with E-state index in [-0.39, 0.29) is 12.3 Å². The molecule has 0 aliphatic carbocycles. The molecule has 0 fully saturated rings. The highest BCUT2D eigenvalue weighted by Gasteiger charge is 2.09. The third-order valence-corrected chi connectivity index (χ3v) is 4.26. The van der Waals surface area contributed by atoms with Crippen molar-refractivity contribution in [1.82, 2.24) is 9.97 Å². The molecule has 1 amide bonds. The van der Waals surface area contributed by atoms with E-state index in [1.54, 1.807) is 24.5 Å². The number of nitriles is 1. The summed E-state index contributed by atoms with van der Waals surface area (Å²) in [6.45, 7) is 0. The molecule has 0 spiro atoms. The van der Waals surface area contributed by atoms with Crippen molar-refractivity contribution in [2.45, 2.75) is 12.8 Å². The summed E-state index contributed by atoms with van der Waals surface area (Å²) in [4.78, 5) is 20.7. The molecule has 0 unspecified atom stereocenters. The maximum absolute atomic E-state index is 12.1. The molecule has 0 saturated heterocycles. The molecule has 1 aromatic carbocycles. The van der Waals surface area contributed by atoms with Gasteiger partial charge in [-0.1, -0.05) is 12.1 Å². The third kappa shape index (κ3) is 4.03. The summed E-state index contributed by atoms with van der Waals surface area (Å²) in [5.74, 6) is -0.119. The van der Waals surface area contributed by atoms with Crippen LogP contribution in [0.2, 0.25) is 0 Å². The normalized spacial score (nSPS) is 10.1. The minimum atomic E-state index is -0.119. The first-order chi connectivity index (χ1) is 11.7. The molecule has 3 aromatic rings. The van der Waals surface area contributed by atoms with E-state index in [9.17, 15) is 4.79 Å². The lowest BCUT2D eigenvalue weighted by Gasteiger charge is -2.04. The number of aromatic nitrogens is 2. The SMILES string of the molecule is N#CCc1ccc(NC(=O)Cc2csc(-c3cccnc3)n2)cc1. The van der Waals surface area contributed by atoms with Crippen LogP contribution < -0.4 is 5.32 Å². The maximum Gasteiger partial charge on any atom is 0.230 e. The van der Waals surface area contributed by atoms with E-state index in [4.69, 9.17) is 5.26 Å². The van der Waals surface area contributed by atoms with Gasteiger partial charge in [0.25, 0.3) is 0 Å². The Kier molecular flexibility index (Phi) is 4.94. The number of amides is 1. The van der Waals surface area contributed by atoms with Crippen LogP contribution in [0.4, 0.5) is 5.69 Å². The molecule has 24 heavy (non-hydrogen) atoms. The number of hydrogen-bond donors (Lipinski definition) is 1. The lowest BCUT2D eigenvalue weighted by atomic mass is 10.1. The van der Waals surface area contributed by atoms with Crippen LogP contribution >= 0.6 is 11.3 Å². The molecule has 2 heterocycles. The van der Waals surface area contributed by atoms with Crippen molar-refractivity contribution >= 4 is 22.9 Å². The summed E-state index contributed by atoms with van der Waals surface area (Å²) in [6.07, 6.45) is 4.06. The molecule has 5 nitrogen and oxygen atoms in total. The smallest absolute Gasteiger partial charge is 0.230 e.